The van der Waals surface area contributed by atoms with E-state index in [1.807, 2.05) is 19.9 Å². The van der Waals surface area contributed by atoms with Crippen molar-refractivity contribution in [1.29, 1.82) is 0 Å². The largest absolute Gasteiger partial charge is 0.378 e. The zero-order chi connectivity index (χ0) is 15.1. The molecule has 0 saturated carbocycles. The maximum Gasteiger partial charge on any atom is 0.254 e. The molecule has 0 saturated heterocycles. The van der Waals surface area contributed by atoms with Crippen LogP contribution in [-0.4, -0.2) is 23.0 Å². The molecule has 0 aliphatic carbocycles. The second-order valence-corrected chi connectivity index (χ2v) is 4.79. The Kier molecular flexibility index (Phi) is 5.93. The van der Waals surface area contributed by atoms with Gasteiger partial charge >= 0.3 is 0 Å². The SMILES string of the molecule is CC(C)=CC[C@H](NC(=O)[C@@H](O)c1ccccc1)C(N)=O. The summed E-state index contributed by atoms with van der Waals surface area (Å²) in [4.78, 5) is 23.2. The van der Waals surface area contributed by atoms with Crippen LogP contribution in [0.5, 0.6) is 0 Å². The number of carbonyl (C=O) groups excluding carboxylic acids is 2. The van der Waals surface area contributed by atoms with Crippen molar-refractivity contribution in [2.24, 2.45) is 5.73 Å². The number of amides is 2. The number of benzene rings is 1. The van der Waals surface area contributed by atoms with Gasteiger partial charge in [0.1, 0.15) is 6.04 Å². The van der Waals surface area contributed by atoms with Crippen molar-refractivity contribution >= 4 is 11.8 Å². The molecule has 1 aromatic carbocycles. The first-order chi connectivity index (χ1) is 9.41. The van der Waals surface area contributed by atoms with Crippen LogP contribution < -0.4 is 11.1 Å². The molecule has 20 heavy (non-hydrogen) atoms. The minimum Gasteiger partial charge on any atom is -0.378 e. The van der Waals surface area contributed by atoms with Crippen molar-refractivity contribution in [3.63, 3.8) is 0 Å². The molecule has 1 rings (SSSR count). The molecule has 2 amide bonds. The van der Waals surface area contributed by atoms with Crippen molar-refractivity contribution < 1.29 is 14.7 Å². The number of nitrogens with one attached hydrogen (secondary N) is 1. The van der Waals surface area contributed by atoms with E-state index in [0.717, 1.165) is 5.57 Å². The highest BCUT2D eigenvalue weighted by molar-refractivity contribution is 5.89. The van der Waals surface area contributed by atoms with Gasteiger partial charge in [-0.15, -0.1) is 0 Å². The highest BCUT2D eigenvalue weighted by Crippen LogP contribution is 2.12. The zero-order valence-corrected chi connectivity index (χ0v) is 11.7. The number of rotatable bonds is 6. The second kappa shape index (κ2) is 7.45. The van der Waals surface area contributed by atoms with E-state index in [0.29, 0.717) is 12.0 Å². The monoisotopic (exact) mass is 276 g/mol. The van der Waals surface area contributed by atoms with Crippen molar-refractivity contribution in [1.82, 2.24) is 5.32 Å². The fourth-order valence-electron chi connectivity index (χ4n) is 1.64. The minimum atomic E-state index is -1.32. The molecule has 108 valence electrons. The fraction of sp³-hybridized carbons (Fsp3) is 0.333. The van der Waals surface area contributed by atoms with Gasteiger partial charge in [0.25, 0.3) is 5.91 Å². The Morgan fingerprint density at radius 3 is 2.40 bits per heavy atom. The van der Waals surface area contributed by atoms with E-state index < -0.39 is 24.0 Å². The number of hydrogen-bond donors (Lipinski definition) is 3. The van der Waals surface area contributed by atoms with E-state index in [2.05, 4.69) is 5.32 Å². The van der Waals surface area contributed by atoms with E-state index in [1.165, 1.54) is 0 Å². The number of hydrogen-bond acceptors (Lipinski definition) is 3. The summed E-state index contributed by atoms with van der Waals surface area (Å²) in [6.07, 6.45) is 0.806. The predicted molar refractivity (Wildman–Crippen MR) is 76.6 cm³/mol. The van der Waals surface area contributed by atoms with Gasteiger partial charge in [-0.3, -0.25) is 9.59 Å². The summed E-state index contributed by atoms with van der Waals surface area (Å²) >= 11 is 0. The van der Waals surface area contributed by atoms with Gasteiger partial charge in [-0.1, -0.05) is 42.0 Å². The average Bonchev–Trinajstić information content (AvgIpc) is 2.42. The lowest BCUT2D eigenvalue weighted by molar-refractivity contribution is -0.133. The highest BCUT2D eigenvalue weighted by atomic mass is 16.3. The normalized spacial score (nSPS) is 13.2. The van der Waals surface area contributed by atoms with E-state index in [9.17, 15) is 14.7 Å². The Balaban J connectivity index is 2.71. The van der Waals surface area contributed by atoms with Crippen LogP contribution in [-0.2, 0) is 9.59 Å². The number of carbonyl (C=O) groups is 2. The Labute approximate surface area is 118 Å². The fourth-order valence-corrected chi connectivity index (χ4v) is 1.64. The van der Waals surface area contributed by atoms with Gasteiger partial charge in [0, 0.05) is 0 Å². The minimum absolute atomic E-state index is 0.310. The highest BCUT2D eigenvalue weighted by Gasteiger charge is 2.22. The molecule has 0 aliphatic rings. The third kappa shape index (κ3) is 4.85. The van der Waals surface area contributed by atoms with E-state index in [-0.39, 0.29) is 0 Å². The van der Waals surface area contributed by atoms with Crippen LogP contribution in [0.1, 0.15) is 31.9 Å². The first-order valence-corrected chi connectivity index (χ1v) is 6.38. The molecule has 5 heteroatoms. The molecular formula is C15H20N2O3. The van der Waals surface area contributed by atoms with Crippen molar-refractivity contribution in [3.05, 3.63) is 47.5 Å². The lowest BCUT2D eigenvalue weighted by atomic mass is 10.1. The lowest BCUT2D eigenvalue weighted by Crippen LogP contribution is -2.45. The van der Waals surface area contributed by atoms with E-state index in [1.54, 1.807) is 30.3 Å². The third-order valence-corrected chi connectivity index (χ3v) is 2.79. The maximum atomic E-state index is 11.9. The van der Waals surface area contributed by atoms with Gasteiger partial charge < -0.3 is 16.2 Å². The molecule has 0 aromatic heterocycles. The lowest BCUT2D eigenvalue weighted by Gasteiger charge is -2.17. The molecule has 0 unspecified atom stereocenters. The first kappa shape index (κ1) is 15.9. The molecule has 0 aliphatic heterocycles. The van der Waals surface area contributed by atoms with Gasteiger partial charge in [-0.2, -0.15) is 0 Å². The summed E-state index contributed by atoms with van der Waals surface area (Å²) < 4.78 is 0. The number of aliphatic hydroxyl groups excluding tert-OH is 1. The van der Waals surface area contributed by atoms with Crippen LogP contribution in [0.15, 0.2) is 42.0 Å². The van der Waals surface area contributed by atoms with Crippen molar-refractivity contribution in [2.75, 3.05) is 0 Å². The summed E-state index contributed by atoms with van der Waals surface area (Å²) in [5, 5.41) is 12.4. The maximum absolute atomic E-state index is 11.9. The number of aliphatic hydroxyl groups is 1. The first-order valence-electron chi connectivity index (χ1n) is 6.38. The van der Waals surface area contributed by atoms with Crippen LogP contribution in [0.25, 0.3) is 0 Å². The topological polar surface area (TPSA) is 92.4 Å². The molecule has 1 aromatic rings. The molecule has 0 radical (unpaired) electrons. The zero-order valence-electron chi connectivity index (χ0n) is 11.7. The number of primary amides is 1. The summed E-state index contributed by atoms with van der Waals surface area (Å²) in [6.45, 7) is 3.78. The molecule has 0 fully saturated rings. The predicted octanol–water partition coefficient (Wildman–Crippen LogP) is 1.05. The average molecular weight is 276 g/mol. The number of allylic oxidation sites excluding steroid dienone is 1. The van der Waals surface area contributed by atoms with Gasteiger partial charge in [0.15, 0.2) is 6.10 Å². The van der Waals surface area contributed by atoms with Gasteiger partial charge in [-0.25, -0.2) is 0 Å². The third-order valence-electron chi connectivity index (χ3n) is 2.79. The van der Waals surface area contributed by atoms with Crippen LogP contribution in [0.2, 0.25) is 0 Å². The van der Waals surface area contributed by atoms with Gasteiger partial charge in [-0.05, 0) is 25.8 Å². The summed E-state index contributed by atoms with van der Waals surface area (Å²) in [5.74, 6) is -1.27. The van der Waals surface area contributed by atoms with Crippen LogP contribution in [0.3, 0.4) is 0 Å². The van der Waals surface area contributed by atoms with E-state index in [4.69, 9.17) is 5.73 Å². The molecule has 0 spiro atoms. The van der Waals surface area contributed by atoms with E-state index >= 15 is 0 Å². The molecule has 4 N–H and O–H groups in total. The summed E-state index contributed by atoms with van der Waals surface area (Å²) in [6, 6.07) is 7.69. The summed E-state index contributed by atoms with van der Waals surface area (Å²) in [7, 11) is 0. The Bertz CT molecular complexity index is 493. The molecule has 5 nitrogen and oxygen atoms in total. The molecular weight excluding hydrogens is 256 g/mol. The Hall–Kier alpha value is -2.14. The summed E-state index contributed by atoms with van der Waals surface area (Å²) in [5.41, 5.74) is 6.74. The second-order valence-electron chi connectivity index (χ2n) is 4.79. The van der Waals surface area contributed by atoms with Crippen LogP contribution >= 0.6 is 0 Å². The van der Waals surface area contributed by atoms with Gasteiger partial charge in [0.2, 0.25) is 5.91 Å². The Morgan fingerprint density at radius 2 is 1.90 bits per heavy atom. The van der Waals surface area contributed by atoms with Crippen LogP contribution in [0.4, 0.5) is 0 Å². The Morgan fingerprint density at radius 1 is 1.30 bits per heavy atom. The quantitative estimate of drug-likeness (QED) is 0.678. The number of nitrogens with two attached hydrogens (primary N) is 1. The molecule has 2 atom stereocenters. The smallest absolute Gasteiger partial charge is 0.254 e. The molecule has 0 heterocycles. The van der Waals surface area contributed by atoms with Crippen molar-refractivity contribution in [3.8, 4) is 0 Å². The van der Waals surface area contributed by atoms with Crippen LogP contribution in [0, 0.1) is 0 Å². The standard InChI is InChI=1S/C15H20N2O3/c1-10(2)8-9-12(14(16)19)17-15(20)13(18)11-6-4-3-5-7-11/h3-8,12-13,18H,9H2,1-2H3,(H2,16,19)(H,17,20)/t12-,13-/m0/s1. The van der Waals surface area contributed by atoms with Gasteiger partial charge in [0.05, 0.1) is 0 Å². The molecule has 0 bridgehead atoms. The van der Waals surface area contributed by atoms with Crippen molar-refractivity contribution in [2.45, 2.75) is 32.4 Å².